The van der Waals surface area contributed by atoms with Gasteiger partial charge in [-0.2, -0.15) is 0 Å². The number of benzene rings is 9. The topological polar surface area (TPSA) is 16.4 Å². The summed E-state index contributed by atoms with van der Waals surface area (Å²) in [4.78, 5) is 2.45. The van der Waals surface area contributed by atoms with Crippen LogP contribution in [0.5, 0.6) is 0 Å². The molecule has 0 aliphatic carbocycles. The summed E-state index contributed by atoms with van der Waals surface area (Å²) in [5.74, 6) is 0. The molecule has 2 heterocycles. The number of hydrogen-bond acceptors (Lipinski definition) is 3. The van der Waals surface area contributed by atoms with Crippen LogP contribution in [0.3, 0.4) is 0 Å². The van der Waals surface area contributed by atoms with Crippen molar-refractivity contribution < 1.29 is 4.42 Å². The number of nitrogens with zero attached hydrogens (tertiary/aromatic N) is 1. The van der Waals surface area contributed by atoms with Gasteiger partial charge in [-0.25, -0.2) is 0 Å². The van der Waals surface area contributed by atoms with Gasteiger partial charge in [0.1, 0.15) is 11.2 Å². The molecule has 0 aliphatic rings. The summed E-state index contributed by atoms with van der Waals surface area (Å²) in [5.41, 5.74) is 14.5. The minimum atomic E-state index is 0.874. The van der Waals surface area contributed by atoms with Crippen molar-refractivity contribution in [2.45, 2.75) is 0 Å². The van der Waals surface area contributed by atoms with Crippen molar-refractivity contribution in [1.82, 2.24) is 0 Å². The van der Waals surface area contributed by atoms with Crippen LogP contribution in [0.25, 0.3) is 86.6 Å². The predicted octanol–water partition coefficient (Wildman–Crippen LogP) is 16.1. The highest BCUT2D eigenvalue weighted by atomic mass is 32.1. The zero-order valence-corrected chi connectivity index (χ0v) is 31.8. The number of hydrogen-bond donors (Lipinski definition) is 0. The van der Waals surface area contributed by atoms with Crippen LogP contribution >= 0.6 is 11.3 Å². The van der Waals surface area contributed by atoms with Crippen molar-refractivity contribution in [2.24, 2.45) is 0 Å². The van der Waals surface area contributed by atoms with Gasteiger partial charge in [0.25, 0.3) is 0 Å². The van der Waals surface area contributed by atoms with Crippen molar-refractivity contribution in [3.63, 3.8) is 0 Å². The molecule has 11 aromatic rings. The van der Waals surface area contributed by atoms with E-state index in [4.69, 9.17) is 4.42 Å². The van der Waals surface area contributed by atoms with Gasteiger partial charge in [-0.15, -0.1) is 11.3 Å². The Balaban J connectivity index is 1.15. The molecule has 0 radical (unpaired) electrons. The molecule has 0 saturated carbocycles. The SMILES string of the molecule is c1ccc(-c2ccc3c(c2)sc2c(N(c4ccc(-c5ccccc5-c5ccccc5)cc4)c4ccc(-c5ccccc5)c5oc6ccccc6c45)cccc23)cc1. The average Bonchev–Trinajstić information content (AvgIpc) is 3.87. The molecule has 2 nitrogen and oxygen atoms in total. The third kappa shape index (κ3) is 5.71. The van der Waals surface area contributed by atoms with Gasteiger partial charge in [0.2, 0.25) is 0 Å². The largest absolute Gasteiger partial charge is 0.455 e. The molecule has 11 rings (SSSR count). The van der Waals surface area contributed by atoms with Gasteiger partial charge >= 0.3 is 0 Å². The first-order valence-electron chi connectivity index (χ1n) is 19.3. The number of anilines is 3. The van der Waals surface area contributed by atoms with E-state index in [9.17, 15) is 0 Å². The quantitative estimate of drug-likeness (QED) is 0.162. The first-order chi connectivity index (χ1) is 28.3. The molecule has 0 spiro atoms. The molecule has 0 aliphatic heterocycles. The van der Waals surface area contributed by atoms with E-state index in [1.165, 1.54) is 53.6 Å². The van der Waals surface area contributed by atoms with Crippen molar-refractivity contribution in [3.05, 3.63) is 212 Å². The van der Waals surface area contributed by atoms with Gasteiger partial charge in [-0.1, -0.05) is 170 Å². The Labute approximate surface area is 335 Å². The van der Waals surface area contributed by atoms with Crippen molar-refractivity contribution in [1.29, 1.82) is 0 Å². The number of thiophene rings is 1. The molecule has 0 bridgehead atoms. The standard InChI is InChI=1S/C54H35NOS/c1-4-15-36(16-5-1)40-29-32-45-46-24-14-25-49(54(46)57-51(45)35-40)55(41-30-27-39(28-31-41)43-22-11-10-21-42(43)37-17-6-2-7-18-37)48-34-33-44(38-19-8-3-9-20-38)53-52(48)47-23-12-13-26-50(47)56-53/h1-35H. The fraction of sp³-hybridized carbons (Fsp3) is 0. The zero-order chi connectivity index (χ0) is 37.7. The van der Waals surface area contributed by atoms with Crippen molar-refractivity contribution in [2.75, 3.05) is 4.90 Å². The van der Waals surface area contributed by atoms with Crippen molar-refractivity contribution in [3.8, 4) is 44.5 Å². The van der Waals surface area contributed by atoms with E-state index in [-0.39, 0.29) is 0 Å². The Hall–Kier alpha value is -7.20. The van der Waals surface area contributed by atoms with E-state index in [0.29, 0.717) is 0 Å². The molecule has 0 amide bonds. The predicted molar refractivity (Wildman–Crippen MR) is 243 cm³/mol. The Bertz CT molecular complexity index is 3220. The van der Waals surface area contributed by atoms with Crippen LogP contribution in [0.4, 0.5) is 17.1 Å². The van der Waals surface area contributed by atoms with E-state index in [0.717, 1.165) is 50.1 Å². The van der Waals surface area contributed by atoms with Gasteiger partial charge in [0.05, 0.1) is 21.5 Å². The van der Waals surface area contributed by atoms with Crippen molar-refractivity contribution >= 4 is 70.5 Å². The lowest BCUT2D eigenvalue weighted by Crippen LogP contribution is -2.10. The van der Waals surface area contributed by atoms with Gasteiger partial charge in [-0.3, -0.25) is 0 Å². The lowest BCUT2D eigenvalue weighted by atomic mass is 9.94. The maximum Gasteiger partial charge on any atom is 0.145 e. The highest BCUT2D eigenvalue weighted by Crippen LogP contribution is 2.50. The lowest BCUT2D eigenvalue weighted by Gasteiger charge is -2.27. The van der Waals surface area contributed by atoms with Crippen LogP contribution in [0, 0.1) is 0 Å². The van der Waals surface area contributed by atoms with Gasteiger partial charge in [-0.05, 0) is 81.4 Å². The van der Waals surface area contributed by atoms with Crippen LogP contribution in [0.1, 0.15) is 0 Å². The number of para-hydroxylation sites is 1. The summed E-state index contributed by atoms with van der Waals surface area (Å²) in [7, 11) is 0. The summed E-state index contributed by atoms with van der Waals surface area (Å²) in [6, 6.07) is 76.2. The molecule has 0 N–H and O–H groups in total. The Morgan fingerprint density at radius 1 is 0.368 bits per heavy atom. The highest BCUT2D eigenvalue weighted by Gasteiger charge is 2.24. The minimum absolute atomic E-state index is 0.874. The molecule has 9 aromatic carbocycles. The van der Waals surface area contributed by atoms with Crippen LogP contribution in [-0.2, 0) is 0 Å². The normalized spacial score (nSPS) is 11.5. The van der Waals surface area contributed by atoms with Gasteiger partial charge in [0.15, 0.2) is 0 Å². The van der Waals surface area contributed by atoms with Crippen LogP contribution in [-0.4, -0.2) is 0 Å². The molecule has 2 aromatic heterocycles. The average molecular weight is 746 g/mol. The molecule has 0 unspecified atom stereocenters. The first kappa shape index (κ1) is 33.2. The second-order valence-electron chi connectivity index (χ2n) is 14.4. The molecule has 0 atom stereocenters. The fourth-order valence-electron chi connectivity index (χ4n) is 8.41. The van der Waals surface area contributed by atoms with E-state index >= 15 is 0 Å². The van der Waals surface area contributed by atoms with E-state index in [2.05, 4.69) is 217 Å². The molecule has 57 heavy (non-hydrogen) atoms. The Kier molecular flexibility index (Phi) is 8.04. The van der Waals surface area contributed by atoms with E-state index in [1.54, 1.807) is 0 Å². The molecule has 268 valence electrons. The first-order valence-corrected chi connectivity index (χ1v) is 20.2. The molecule has 0 fully saturated rings. The lowest BCUT2D eigenvalue weighted by molar-refractivity contribution is 0.670. The van der Waals surface area contributed by atoms with E-state index < -0.39 is 0 Å². The summed E-state index contributed by atoms with van der Waals surface area (Å²) >= 11 is 1.86. The van der Waals surface area contributed by atoms with Crippen LogP contribution < -0.4 is 4.90 Å². The third-order valence-electron chi connectivity index (χ3n) is 11.1. The van der Waals surface area contributed by atoms with Gasteiger partial charge < -0.3 is 9.32 Å². The maximum absolute atomic E-state index is 6.80. The van der Waals surface area contributed by atoms with E-state index in [1.807, 2.05) is 11.3 Å². The number of rotatable bonds is 7. The monoisotopic (exact) mass is 745 g/mol. The Morgan fingerprint density at radius 3 is 1.67 bits per heavy atom. The molecular weight excluding hydrogens is 711 g/mol. The molecular formula is C54H35NOS. The van der Waals surface area contributed by atoms with Gasteiger partial charge in [0, 0.05) is 32.1 Å². The Morgan fingerprint density at radius 2 is 0.947 bits per heavy atom. The smallest absolute Gasteiger partial charge is 0.145 e. The second-order valence-corrected chi connectivity index (χ2v) is 15.5. The minimum Gasteiger partial charge on any atom is -0.455 e. The summed E-state index contributed by atoms with van der Waals surface area (Å²) in [6.07, 6.45) is 0. The second kappa shape index (κ2) is 13.8. The summed E-state index contributed by atoms with van der Waals surface area (Å²) in [5, 5.41) is 4.70. The number of fused-ring (bicyclic) bond motifs is 6. The fourth-order valence-corrected chi connectivity index (χ4v) is 9.66. The van der Waals surface area contributed by atoms with Crippen LogP contribution in [0.2, 0.25) is 0 Å². The maximum atomic E-state index is 6.80. The number of furan rings is 1. The summed E-state index contributed by atoms with van der Waals surface area (Å²) in [6.45, 7) is 0. The van der Waals surface area contributed by atoms with Crippen LogP contribution in [0.15, 0.2) is 217 Å². The molecule has 3 heteroatoms. The zero-order valence-electron chi connectivity index (χ0n) is 31.0. The molecule has 0 saturated heterocycles. The highest BCUT2D eigenvalue weighted by molar-refractivity contribution is 7.26. The third-order valence-corrected chi connectivity index (χ3v) is 12.3. The summed E-state index contributed by atoms with van der Waals surface area (Å²) < 4.78 is 9.31.